The van der Waals surface area contributed by atoms with Crippen molar-refractivity contribution in [3.63, 3.8) is 0 Å². The number of nitrogens with one attached hydrogen (secondary N) is 1. The fraction of sp³-hybridized carbons (Fsp3) is 0.0556. The van der Waals surface area contributed by atoms with Gasteiger partial charge in [-0.25, -0.2) is 13.4 Å². The second-order valence-corrected chi connectivity index (χ2v) is 8.55. The smallest absolute Gasteiger partial charge is 0.279 e. The highest BCUT2D eigenvalue weighted by atomic mass is 32.2. The highest BCUT2D eigenvalue weighted by Crippen LogP contribution is 2.34. The number of para-hydroxylation sites is 1. The molecule has 2 N–H and O–H groups in total. The third-order valence-corrected chi connectivity index (χ3v) is 6.21. The van der Waals surface area contributed by atoms with Crippen molar-refractivity contribution in [1.82, 2.24) is 4.98 Å². The zero-order chi connectivity index (χ0) is 19.0. The molecule has 0 radical (unpaired) electrons. The molecule has 0 fully saturated rings. The molecule has 0 saturated heterocycles. The number of aromatic hydroxyl groups is 1. The van der Waals surface area contributed by atoms with E-state index in [2.05, 4.69) is 14.7 Å². The number of fused-ring (bicyclic) bond motifs is 1. The number of thiazole rings is 1. The predicted molar refractivity (Wildman–Crippen MR) is 101 cm³/mol. The van der Waals surface area contributed by atoms with Gasteiger partial charge in [-0.3, -0.25) is 9.52 Å². The van der Waals surface area contributed by atoms with Crippen molar-refractivity contribution in [2.75, 3.05) is 4.72 Å². The van der Waals surface area contributed by atoms with Gasteiger partial charge in [0.05, 0.1) is 16.7 Å². The van der Waals surface area contributed by atoms with Crippen molar-refractivity contribution < 1.29 is 18.3 Å². The summed E-state index contributed by atoms with van der Waals surface area (Å²) in [6, 6.07) is 15.6. The van der Waals surface area contributed by atoms with Crippen LogP contribution in [0.25, 0.3) is 5.57 Å². The Labute approximate surface area is 158 Å². The number of anilines is 1. The monoisotopic (exact) mass is 399 g/mol. The van der Waals surface area contributed by atoms with Gasteiger partial charge in [0.25, 0.3) is 5.91 Å². The summed E-state index contributed by atoms with van der Waals surface area (Å²) in [4.78, 5) is 20.2. The van der Waals surface area contributed by atoms with Crippen molar-refractivity contribution >= 4 is 38.0 Å². The van der Waals surface area contributed by atoms with Crippen molar-refractivity contribution in [2.24, 2.45) is 4.99 Å². The Balaban J connectivity index is 1.67. The van der Waals surface area contributed by atoms with E-state index < -0.39 is 21.8 Å². The first kappa shape index (κ1) is 17.4. The van der Waals surface area contributed by atoms with Crippen LogP contribution in [0, 0.1) is 0 Å². The first-order chi connectivity index (χ1) is 12.9. The van der Waals surface area contributed by atoms with E-state index in [1.165, 1.54) is 0 Å². The predicted octanol–water partition coefficient (Wildman–Crippen LogP) is 1.15. The molecule has 2 heterocycles. The molecule has 27 heavy (non-hydrogen) atoms. The largest absolute Gasteiger partial charge is 0.492 e. The number of nitrogens with zero attached hydrogens (tertiary/aromatic N) is 2. The van der Waals surface area contributed by atoms with Crippen LogP contribution in [0.5, 0.6) is 5.88 Å². The summed E-state index contributed by atoms with van der Waals surface area (Å²) in [7, 11) is -3.72. The number of benzene rings is 2. The van der Waals surface area contributed by atoms with E-state index in [0.717, 1.165) is 11.3 Å². The summed E-state index contributed by atoms with van der Waals surface area (Å²) >= 11 is 0.892. The molecule has 0 bridgehead atoms. The fourth-order valence-electron chi connectivity index (χ4n) is 2.76. The molecule has 0 aliphatic carbocycles. The van der Waals surface area contributed by atoms with Crippen LogP contribution in [0.4, 0.5) is 5.13 Å². The van der Waals surface area contributed by atoms with Gasteiger partial charge in [-0.2, -0.15) is 4.98 Å². The Morgan fingerprint density at radius 2 is 1.74 bits per heavy atom. The standard InChI is InChI=1S/C18H13N3O4S2/c22-16-14(12-8-4-5-9-13(12)19-16)15-17(23)20-18(26-15)21-27(24,25)10-11-6-2-1-3-7-11/h1-9,23H,10H2,(H,20,21). The van der Waals surface area contributed by atoms with E-state index in [0.29, 0.717) is 16.1 Å². The Bertz CT molecular complexity index is 1270. The number of amides is 1. The lowest BCUT2D eigenvalue weighted by atomic mass is 10.1. The first-order valence-corrected chi connectivity index (χ1v) is 10.4. The zero-order valence-corrected chi connectivity index (χ0v) is 15.4. The molecule has 9 heteroatoms. The fourth-order valence-corrected chi connectivity index (χ4v) is 5.09. The maximum absolute atomic E-state index is 12.4. The van der Waals surface area contributed by atoms with E-state index >= 15 is 0 Å². The molecule has 0 unspecified atom stereocenters. The summed E-state index contributed by atoms with van der Waals surface area (Å²) in [6.07, 6.45) is 0. The highest BCUT2D eigenvalue weighted by Gasteiger charge is 2.25. The summed E-state index contributed by atoms with van der Waals surface area (Å²) in [5, 5.41) is 11.3. The molecule has 1 aliphatic rings. The van der Waals surface area contributed by atoms with Gasteiger partial charge in [0.1, 0.15) is 4.88 Å². The Hall–Kier alpha value is -3.04. The second-order valence-electron chi connectivity index (χ2n) is 5.83. The van der Waals surface area contributed by atoms with Crippen molar-refractivity contribution in [3.8, 4) is 5.88 Å². The van der Waals surface area contributed by atoms with Gasteiger partial charge in [-0.1, -0.05) is 59.9 Å². The number of hydrogen-bond acceptors (Lipinski definition) is 6. The highest BCUT2D eigenvalue weighted by molar-refractivity contribution is 7.92. The maximum Gasteiger partial charge on any atom is 0.279 e. The molecular formula is C18H13N3O4S2. The van der Waals surface area contributed by atoms with Crippen LogP contribution in [0.2, 0.25) is 0 Å². The lowest BCUT2D eigenvalue weighted by molar-refractivity contribution is -0.112. The number of carbonyl (C=O) groups excluding carboxylic acids is 1. The SMILES string of the molecule is O=C1N=c2ccccc2=C1c1sc(NS(=O)(=O)Cc2ccccc2)nc1O. The summed E-state index contributed by atoms with van der Waals surface area (Å²) in [6.45, 7) is 0. The van der Waals surface area contributed by atoms with Crippen molar-refractivity contribution in [2.45, 2.75) is 5.75 Å². The van der Waals surface area contributed by atoms with Crippen molar-refractivity contribution in [3.05, 3.63) is 75.6 Å². The van der Waals surface area contributed by atoms with Crippen LogP contribution >= 0.6 is 11.3 Å². The molecule has 0 spiro atoms. The third-order valence-electron chi connectivity index (χ3n) is 3.89. The Morgan fingerprint density at radius 3 is 2.52 bits per heavy atom. The molecule has 4 rings (SSSR count). The minimum absolute atomic E-state index is 0.0110. The van der Waals surface area contributed by atoms with Crippen LogP contribution < -0.4 is 15.3 Å². The maximum atomic E-state index is 12.4. The minimum atomic E-state index is -3.72. The second kappa shape index (κ2) is 6.60. The average molecular weight is 399 g/mol. The van der Waals surface area contributed by atoms with E-state index in [4.69, 9.17) is 0 Å². The number of sulfonamides is 1. The molecule has 7 nitrogen and oxygen atoms in total. The molecule has 1 aromatic heterocycles. The van der Waals surface area contributed by atoms with Gasteiger partial charge in [-0.05, 0) is 11.6 Å². The Kier molecular flexibility index (Phi) is 4.25. The van der Waals surface area contributed by atoms with E-state index in [-0.39, 0.29) is 21.3 Å². The third kappa shape index (κ3) is 3.46. The van der Waals surface area contributed by atoms with Crippen LogP contribution in [0.3, 0.4) is 0 Å². The minimum Gasteiger partial charge on any atom is -0.492 e. The van der Waals surface area contributed by atoms with Crippen LogP contribution in [0.1, 0.15) is 10.4 Å². The van der Waals surface area contributed by atoms with E-state index in [1.807, 2.05) is 0 Å². The topological polar surface area (TPSA) is 109 Å². The van der Waals surface area contributed by atoms with Crippen LogP contribution in [-0.2, 0) is 20.6 Å². The molecular weight excluding hydrogens is 386 g/mol. The molecule has 1 amide bonds. The van der Waals surface area contributed by atoms with Gasteiger partial charge < -0.3 is 5.11 Å². The molecule has 3 aromatic rings. The normalized spacial score (nSPS) is 13.3. The van der Waals surface area contributed by atoms with Gasteiger partial charge >= 0.3 is 0 Å². The molecule has 136 valence electrons. The molecule has 2 aromatic carbocycles. The zero-order valence-electron chi connectivity index (χ0n) is 13.8. The molecule has 1 aliphatic heterocycles. The molecule has 0 saturated carbocycles. The van der Waals surface area contributed by atoms with Crippen LogP contribution in [0.15, 0.2) is 59.6 Å². The number of carbonyl (C=O) groups is 1. The summed E-state index contributed by atoms with van der Waals surface area (Å²) in [5.41, 5.74) is 0.841. The quantitative estimate of drug-likeness (QED) is 0.669. The number of hydrogen-bond donors (Lipinski definition) is 2. The van der Waals surface area contributed by atoms with E-state index in [1.54, 1.807) is 54.6 Å². The van der Waals surface area contributed by atoms with E-state index in [9.17, 15) is 18.3 Å². The lowest BCUT2D eigenvalue weighted by Gasteiger charge is -2.04. The van der Waals surface area contributed by atoms with Gasteiger partial charge in [0.15, 0.2) is 0 Å². The molecule has 0 atom stereocenters. The van der Waals surface area contributed by atoms with Crippen molar-refractivity contribution in [1.29, 1.82) is 0 Å². The number of rotatable bonds is 5. The number of aromatic nitrogens is 1. The summed E-state index contributed by atoms with van der Waals surface area (Å²) in [5.74, 6) is -1.13. The Morgan fingerprint density at radius 1 is 1.04 bits per heavy atom. The lowest BCUT2D eigenvalue weighted by Crippen LogP contribution is -2.22. The van der Waals surface area contributed by atoms with Gasteiger partial charge in [0, 0.05) is 5.22 Å². The summed E-state index contributed by atoms with van der Waals surface area (Å²) < 4.78 is 27.1. The van der Waals surface area contributed by atoms with Crippen LogP contribution in [-0.4, -0.2) is 24.4 Å². The first-order valence-electron chi connectivity index (χ1n) is 7.90. The van der Waals surface area contributed by atoms with Gasteiger partial charge in [-0.15, -0.1) is 0 Å². The van der Waals surface area contributed by atoms with Gasteiger partial charge in [0.2, 0.25) is 21.0 Å². The average Bonchev–Trinajstić information content (AvgIpc) is 3.12.